The molecule has 1 heterocycles. The second-order valence-corrected chi connectivity index (χ2v) is 6.55. The molecular weight excluding hydrogens is 296 g/mol. The summed E-state index contributed by atoms with van der Waals surface area (Å²) in [6.07, 6.45) is 0.373. The zero-order valence-corrected chi connectivity index (χ0v) is 12.3. The number of carboxylic acids is 1. The Bertz CT molecular complexity index is 654. The number of sulfonamides is 1. The van der Waals surface area contributed by atoms with Crippen molar-refractivity contribution in [1.29, 1.82) is 0 Å². The number of rotatable bonds is 4. The van der Waals surface area contributed by atoms with Crippen LogP contribution in [0.25, 0.3) is 0 Å². The van der Waals surface area contributed by atoms with E-state index >= 15 is 0 Å². The molecule has 0 bridgehead atoms. The van der Waals surface area contributed by atoms with Crippen molar-refractivity contribution in [2.75, 3.05) is 13.1 Å². The normalized spacial score (nSPS) is 20.0. The highest BCUT2D eigenvalue weighted by molar-refractivity contribution is 7.89. The average Bonchev–Trinajstić information content (AvgIpc) is 2.47. The lowest BCUT2D eigenvalue weighted by molar-refractivity contribution is -0.126. The number of carboxylic acid groups (broad SMARTS) is 1. The van der Waals surface area contributed by atoms with Crippen molar-refractivity contribution in [3.8, 4) is 0 Å². The molecule has 1 amide bonds. The second kappa shape index (κ2) is 5.82. The van der Waals surface area contributed by atoms with Crippen molar-refractivity contribution in [1.82, 2.24) is 9.62 Å². The molecule has 7 nitrogen and oxygen atoms in total. The fourth-order valence-electron chi connectivity index (χ4n) is 2.28. The van der Waals surface area contributed by atoms with Gasteiger partial charge in [-0.25, -0.2) is 13.2 Å². The maximum Gasteiger partial charge on any atom is 0.335 e. The van der Waals surface area contributed by atoms with E-state index < -0.39 is 22.0 Å². The average molecular weight is 312 g/mol. The molecule has 114 valence electrons. The number of amides is 1. The van der Waals surface area contributed by atoms with Gasteiger partial charge in [0.2, 0.25) is 15.9 Å². The quantitative estimate of drug-likeness (QED) is 0.831. The zero-order valence-electron chi connectivity index (χ0n) is 11.4. The van der Waals surface area contributed by atoms with E-state index in [0.29, 0.717) is 6.42 Å². The second-order valence-electron chi connectivity index (χ2n) is 4.66. The summed E-state index contributed by atoms with van der Waals surface area (Å²) in [6, 6.07) is 4.24. The lowest BCUT2D eigenvalue weighted by atomic mass is 10.2. The summed E-state index contributed by atoms with van der Waals surface area (Å²) in [5.41, 5.74) is 0.0115. The predicted molar refractivity (Wildman–Crippen MR) is 74.4 cm³/mol. The van der Waals surface area contributed by atoms with Crippen LogP contribution < -0.4 is 5.32 Å². The molecule has 1 aliphatic rings. The van der Waals surface area contributed by atoms with E-state index in [1.54, 1.807) is 6.92 Å². The van der Waals surface area contributed by atoms with Crippen LogP contribution >= 0.6 is 0 Å². The van der Waals surface area contributed by atoms with Gasteiger partial charge in [-0.3, -0.25) is 4.79 Å². The van der Waals surface area contributed by atoms with Crippen LogP contribution in [0, 0.1) is 0 Å². The molecule has 1 fully saturated rings. The first-order valence-electron chi connectivity index (χ1n) is 6.51. The Balaban J connectivity index is 2.36. The summed E-state index contributed by atoms with van der Waals surface area (Å²) in [7, 11) is -3.82. The molecule has 2 rings (SSSR count). The van der Waals surface area contributed by atoms with E-state index in [0.717, 1.165) is 0 Å². The van der Waals surface area contributed by atoms with Crippen LogP contribution in [-0.4, -0.2) is 48.8 Å². The summed E-state index contributed by atoms with van der Waals surface area (Å²) in [5.74, 6) is -1.43. The van der Waals surface area contributed by atoms with Gasteiger partial charge in [0.1, 0.15) is 6.04 Å². The van der Waals surface area contributed by atoms with Crippen LogP contribution in [0.1, 0.15) is 23.7 Å². The zero-order chi connectivity index (χ0) is 15.6. The minimum Gasteiger partial charge on any atom is -0.478 e. The number of hydrogen-bond acceptors (Lipinski definition) is 4. The lowest BCUT2D eigenvalue weighted by Crippen LogP contribution is -2.56. The minimum absolute atomic E-state index is 0.0115. The van der Waals surface area contributed by atoms with E-state index in [9.17, 15) is 18.0 Å². The van der Waals surface area contributed by atoms with Gasteiger partial charge >= 0.3 is 5.97 Å². The van der Waals surface area contributed by atoms with Gasteiger partial charge in [-0.2, -0.15) is 4.31 Å². The topological polar surface area (TPSA) is 104 Å². The van der Waals surface area contributed by atoms with Crippen LogP contribution in [0.4, 0.5) is 0 Å². The highest BCUT2D eigenvalue weighted by Gasteiger charge is 2.37. The highest BCUT2D eigenvalue weighted by atomic mass is 32.2. The summed E-state index contributed by atoms with van der Waals surface area (Å²) < 4.78 is 26.3. The molecule has 1 unspecified atom stereocenters. The standard InChI is InChI=1S/C13H16N2O5S/c1-2-11-12(16)14-7-8-15(11)21(19,20)10-5-3-9(4-6-10)13(17)18/h3-6,11H,2,7-8H2,1H3,(H,14,16)(H,17,18). The van der Waals surface area contributed by atoms with Gasteiger partial charge in [-0.15, -0.1) is 0 Å². The van der Waals surface area contributed by atoms with E-state index in [1.165, 1.54) is 28.6 Å². The minimum atomic E-state index is -3.82. The first-order valence-corrected chi connectivity index (χ1v) is 7.95. The summed E-state index contributed by atoms with van der Waals surface area (Å²) in [4.78, 5) is 22.5. The van der Waals surface area contributed by atoms with Crippen LogP contribution in [-0.2, 0) is 14.8 Å². The molecule has 1 saturated heterocycles. The van der Waals surface area contributed by atoms with Crippen molar-refractivity contribution in [3.63, 3.8) is 0 Å². The number of benzene rings is 1. The predicted octanol–water partition coefficient (Wildman–Crippen LogP) is 0.284. The van der Waals surface area contributed by atoms with Crippen molar-refractivity contribution in [3.05, 3.63) is 29.8 Å². The van der Waals surface area contributed by atoms with Gasteiger partial charge in [-0.1, -0.05) is 6.92 Å². The monoisotopic (exact) mass is 312 g/mol. The van der Waals surface area contributed by atoms with Gasteiger partial charge in [0.05, 0.1) is 10.5 Å². The lowest BCUT2D eigenvalue weighted by Gasteiger charge is -2.33. The highest BCUT2D eigenvalue weighted by Crippen LogP contribution is 2.21. The molecule has 8 heteroatoms. The van der Waals surface area contributed by atoms with Crippen molar-refractivity contribution in [2.24, 2.45) is 0 Å². The van der Waals surface area contributed by atoms with Crippen LogP contribution in [0.3, 0.4) is 0 Å². The molecule has 1 aromatic rings. The van der Waals surface area contributed by atoms with Gasteiger partial charge < -0.3 is 10.4 Å². The molecule has 1 aliphatic heterocycles. The first kappa shape index (κ1) is 15.5. The van der Waals surface area contributed by atoms with E-state index in [1.807, 2.05) is 0 Å². The largest absolute Gasteiger partial charge is 0.478 e. The summed E-state index contributed by atoms with van der Waals surface area (Å²) >= 11 is 0. The van der Waals surface area contributed by atoms with Crippen molar-refractivity contribution in [2.45, 2.75) is 24.3 Å². The Morgan fingerprint density at radius 2 is 2.00 bits per heavy atom. The molecule has 1 aromatic carbocycles. The van der Waals surface area contributed by atoms with Gasteiger partial charge in [0, 0.05) is 13.1 Å². The van der Waals surface area contributed by atoms with Crippen LogP contribution in [0.5, 0.6) is 0 Å². The molecule has 1 atom stereocenters. The third-order valence-electron chi connectivity index (χ3n) is 3.38. The molecule has 2 N–H and O–H groups in total. The van der Waals surface area contributed by atoms with E-state index in [-0.39, 0.29) is 29.5 Å². The molecular formula is C13H16N2O5S. The van der Waals surface area contributed by atoms with Crippen molar-refractivity contribution < 1.29 is 23.1 Å². The number of hydrogen-bond donors (Lipinski definition) is 2. The maximum atomic E-state index is 12.6. The summed E-state index contributed by atoms with van der Waals surface area (Å²) in [5, 5.41) is 11.5. The van der Waals surface area contributed by atoms with Gasteiger partial charge in [0.25, 0.3) is 0 Å². The number of piperazine rings is 1. The Morgan fingerprint density at radius 3 is 2.52 bits per heavy atom. The Labute approximate surface area is 122 Å². The molecule has 0 aromatic heterocycles. The molecule has 0 radical (unpaired) electrons. The first-order chi connectivity index (χ1) is 9.87. The molecule has 0 aliphatic carbocycles. The maximum absolute atomic E-state index is 12.6. The van der Waals surface area contributed by atoms with E-state index in [2.05, 4.69) is 5.32 Å². The van der Waals surface area contributed by atoms with Gasteiger partial charge in [0.15, 0.2) is 0 Å². The molecule has 0 spiro atoms. The molecule has 0 saturated carbocycles. The number of carbonyl (C=O) groups is 2. The summed E-state index contributed by atoms with van der Waals surface area (Å²) in [6.45, 7) is 2.21. The van der Waals surface area contributed by atoms with E-state index in [4.69, 9.17) is 5.11 Å². The number of nitrogens with zero attached hydrogens (tertiary/aromatic N) is 1. The molecule has 21 heavy (non-hydrogen) atoms. The fourth-order valence-corrected chi connectivity index (χ4v) is 3.94. The third-order valence-corrected chi connectivity index (χ3v) is 5.30. The Morgan fingerprint density at radius 1 is 1.38 bits per heavy atom. The smallest absolute Gasteiger partial charge is 0.335 e. The van der Waals surface area contributed by atoms with Crippen LogP contribution in [0.2, 0.25) is 0 Å². The SMILES string of the molecule is CCC1C(=O)NCCN1S(=O)(=O)c1ccc(C(=O)O)cc1. The Kier molecular flexibility index (Phi) is 4.29. The Hall–Kier alpha value is -1.93. The fraction of sp³-hybridized carbons (Fsp3) is 0.385. The number of aromatic carboxylic acids is 1. The number of nitrogens with one attached hydrogen (secondary N) is 1. The van der Waals surface area contributed by atoms with Crippen LogP contribution in [0.15, 0.2) is 29.2 Å². The van der Waals surface area contributed by atoms with Crippen molar-refractivity contribution >= 4 is 21.9 Å². The number of carbonyl (C=O) groups excluding carboxylic acids is 1. The third kappa shape index (κ3) is 2.91. The van der Waals surface area contributed by atoms with Gasteiger partial charge in [-0.05, 0) is 30.7 Å².